The van der Waals surface area contributed by atoms with E-state index in [2.05, 4.69) is 135 Å². The number of hydrogen-bond acceptors (Lipinski definition) is 2. The van der Waals surface area contributed by atoms with Crippen LogP contribution in [0.5, 0.6) is 0 Å². The highest BCUT2D eigenvalue weighted by Gasteiger charge is 2.27. The third kappa shape index (κ3) is 6.48. The molecule has 0 heterocycles. The predicted octanol–water partition coefficient (Wildman–Crippen LogP) is 11.9. The van der Waals surface area contributed by atoms with Gasteiger partial charge >= 0.3 is 0 Å². The van der Waals surface area contributed by atoms with Crippen molar-refractivity contribution < 1.29 is 0 Å². The van der Waals surface area contributed by atoms with Gasteiger partial charge in [0.15, 0.2) is 0 Å². The first kappa shape index (κ1) is 30.9. The summed E-state index contributed by atoms with van der Waals surface area (Å²) in [5, 5.41) is 0. The van der Waals surface area contributed by atoms with Crippen molar-refractivity contribution in [3.63, 3.8) is 0 Å². The fraction of sp³-hybridized carbons (Fsp3) is 0.182. The average molecular weight is 601 g/mol. The van der Waals surface area contributed by atoms with Crippen LogP contribution in [0.4, 0.5) is 11.4 Å². The topological polar surface area (TPSA) is 52.0 Å². The van der Waals surface area contributed by atoms with Crippen molar-refractivity contribution in [3.8, 4) is 55.6 Å². The van der Waals surface area contributed by atoms with Crippen molar-refractivity contribution in [1.82, 2.24) is 0 Å². The van der Waals surface area contributed by atoms with Crippen molar-refractivity contribution in [3.05, 3.63) is 145 Å². The van der Waals surface area contributed by atoms with Crippen molar-refractivity contribution in [2.75, 3.05) is 11.5 Å². The summed E-state index contributed by atoms with van der Waals surface area (Å²) >= 11 is 0. The number of anilines is 2. The molecule has 4 N–H and O–H groups in total. The van der Waals surface area contributed by atoms with Crippen molar-refractivity contribution in [2.24, 2.45) is 0 Å². The van der Waals surface area contributed by atoms with E-state index < -0.39 is 0 Å². The molecule has 6 aromatic carbocycles. The second-order valence-corrected chi connectivity index (χ2v) is 12.2. The highest BCUT2D eigenvalue weighted by Crippen LogP contribution is 2.54. The molecule has 0 atom stereocenters. The van der Waals surface area contributed by atoms with Crippen LogP contribution in [0.15, 0.2) is 133 Å². The fourth-order valence-electron chi connectivity index (χ4n) is 6.53. The Morgan fingerprint density at radius 3 is 1.11 bits per heavy atom. The van der Waals surface area contributed by atoms with Crippen molar-refractivity contribution in [1.29, 1.82) is 0 Å². The van der Waals surface area contributed by atoms with Crippen LogP contribution < -0.4 is 11.5 Å². The number of rotatable bonds is 11. The van der Waals surface area contributed by atoms with Gasteiger partial charge in [0, 0.05) is 33.6 Å². The maximum absolute atomic E-state index is 7.49. The fourth-order valence-corrected chi connectivity index (χ4v) is 6.53. The lowest BCUT2D eigenvalue weighted by atomic mass is 9.77. The second kappa shape index (κ2) is 14.3. The summed E-state index contributed by atoms with van der Waals surface area (Å²) < 4.78 is 0. The number of nitrogen functional groups attached to an aromatic ring is 2. The van der Waals surface area contributed by atoms with Crippen LogP contribution in [0.3, 0.4) is 0 Å². The van der Waals surface area contributed by atoms with Crippen molar-refractivity contribution in [2.45, 2.75) is 52.4 Å². The Morgan fingerprint density at radius 2 is 0.696 bits per heavy atom. The first-order chi connectivity index (χ1) is 22.6. The monoisotopic (exact) mass is 600 g/mol. The summed E-state index contributed by atoms with van der Waals surface area (Å²) in [6.45, 7) is 4.49. The maximum atomic E-state index is 7.49. The Labute approximate surface area is 274 Å². The maximum Gasteiger partial charge on any atom is 0.0486 e. The van der Waals surface area contributed by atoms with Gasteiger partial charge in [0.25, 0.3) is 0 Å². The van der Waals surface area contributed by atoms with Gasteiger partial charge in [-0.25, -0.2) is 0 Å². The molecule has 6 rings (SSSR count). The quantitative estimate of drug-likeness (QED) is 0.145. The van der Waals surface area contributed by atoms with Gasteiger partial charge in [0.2, 0.25) is 0 Å². The lowest BCUT2D eigenvalue weighted by Gasteiger charge is -2.27. The molecular formula is C44H44N2. The molecule has 2 nitrogen and oxygen atoms in total. The summed E-state index contributed by atoms with van der Waals surface area (Å²) in [6, 6.07) is 47.8. The zero-order chi connectivity index (χ0) is 31.9. The minimum absolute atomic E-state index is 0.744. The Bertz CT molecular complexity index is 1870. The minimum Gasteiger partial charge on any atom is -0.399 e. The molecule has 0 spiro atoms. The molecule has 0 aliphatic heterocycles. The molecular weight excluding hydrogens is 556 g/mol. The van der Waals surface area contributed by atoms with Crippen LogP contribution in [0.1, 0.15) is 50.7 Å². The molecule has 6 aromatic rings. The van der Waals surface area contributed by atoms with Crippen LogP contribution >= 0.6 is 0 Å². The number of nitrogens with two attached hydrogens (primary N) is 2. The SMILES string of the molecule is CCCCc1ccc(-c2c(N)c(-c3ccccc3)c(-c3ccccc3)c(-c3ccc(N)cc3)c2-c2ccc(CCCC)cc2)cc1. The molecule has 0 bridgehead atoms. The van der Waals surface area contributed by atoms with Crippen LogP contribution in [0.25, 0.3) is 55.6 Å². The highest BCUT2D eigenvalue weighted by molar-refractivity contribution is 6.13. The van der Waals surface area contributed by atoms with Crippen molar-refractivity contribution >= 4 is 11.4 Å². The summed E-state index contributed by atoms with van der Waals surface area (Å²) in [5.41, 5.74) is 29.1. The lowest BCUT2D eigenvalue weighted by molar-refractivity contribution is 0.795. The third-order valence-corrected chi connectivity index (χ3v) is 8.99. The van der Waals surface area contributed by atoms with Gasteiger partial charge in [-0.15, -0.1) is 0 Å². The number of benzene rings is 6. The molecule has 0 saturated carbocycles. The van der Waals surface area contributed by atoms with Gasteiger partial charge in [-0.1, -0.05) is 148 Å². The third-order valence-electron chi connectivity index (χ3n) is 8.99. The Morgan fingerprint density at radius 1 is 0.370 bits per heavy atom. The molecule has 0 aromatic heterocycles. The number of aryl methyl sites for hydroxylation is 2. The van der Waals surface area contributed by atoms with E-state index in [-0.39, 0.29) is 0 Å². The van der Waals surface area contributed by atoms with Gasteiger partial charge in [-0.05, 0) is 82.3 Å². The first-order valence-corrected chi connectivity index (χ1v) is 16.7. The molecule has 0 amide bonds. The summed E-state index contributed by atoms with van der Waals surface area (Å²) in [5.74, 6) is 0. The van der Waals surface area contributed by atoms with E-state index in [1.54, 1.807) is 0 Å². The highest BCUT2D eigenvalue weighted by atomic mass is 14.6. The van der Waals surface area contributed by atoms with Crippen LogP contribution in [-0.2, 0) is 12.8 Å². The van der Waals surface area contributed by atoms with E-state index in [1.165, 1.54) is 36.8 Å². The first-order valence-electron chi connectivity index (χ1n) is 16.7. The largest absolute Gasteiger partial charge is 0.399 e. The summed E-state index contributed by atoms with van der Waals surface area (Å²) in [6.07, 6.45) is 6.89. The van der Waals surface area contributed by atoms with Crippen LogP contribution in [-0.4, -0.2) is 0 Å². The van der Waals surface area contributed by atoms with Gasteiger partial charge in [0.1, 0.15) is 0 Å². The van der Waals surface area contributed by atoms with Gasteiger partial charge in [-0.2, -0.15) is 0 Å². The molecule has 230 valence electrons. The summed E-state index contributed by atoms with van der Waals surface area (Å²) in [4.78, 5) is 0. The Hall–Kier alpha value is -5.08. The molecule has 0 saturated heterocycles. The van der Waals surface area contributed by atoms with Crippen LogP contribution in [0.2, 0.25) is 0 Å². The van der Waals surface area contributed by atoms with Gasteiger partial charge in [0.05, 0.1) is 0 Å². The molecule has 0 unspecified atom stereocenters. The average Bonchev–Trinajstić information content (AvgIpc) is 3.11. The zero-order valence-electron chi connectivity index (χ0n) is 27.1. The molecule has 0 aliphatic rings. The van der Waals surface area contributed by atoms with E-state index in [4.69, 9.17) is 11.5 Å². The lowest BCUT2D eigenvalue weighted by Crippen LogP contribution is -2.04. The summed E-state index contributed by atoms with van der Waals surface area (Å²) in [7, 11) is 0. The molecule has 2 heteroatoms. The van der Waals surface area contributed by atoms with E-state index >= 15 is 0 Å². The van der Waals surface area contributed by atoms with Crippen LogP contribution in [0, 0.1) is 0 Å². The molecule has 46 heavy (non-hydrogen) atoms. The Balaban J connectivity index is 1.76. The van der Waals surface area contributed by atoms with Gasteiger partial charge in [-0.3, -0.25) is 0 Å². The standard InChI is InChI=1S/C44H44N2/c1-3-5-13-31-19-23-35(24-20-31)41-39(36-27-29-38(45)30-28-36)40(33-15-9-7-10-16-33)42(34-17-11-8-12-18-34)44(46)43(41)37-25-21-32(22-26-37)14-6-4-2/h7-12,15-30H,3-6,13-14,45-46H2,1-2H3. The van der Waals surface area contributed by atoms with Gasteiger partial charge < -0.3 is 11.5 Å². The second-order valence-electron chi connectivity index (χ2n) is 12.2. The normalized spacial score (nSPS) is 11.1. The minimum atomic E-state index is 0.744. The number of hydrogen-bond donors (Lipinski definition) is 2. The zero-order valence-corrected chi connectivity index (χ0v) is 27.1. The Kier molecular flexibility index (Phi) is 9.65. The molecule has 0 fully saturated rings. The smallest absolute Gasteiger partial charge is 0.0486 e. The van der Waals surface area contributed by atoms with E-state index in [0.717, 1.165) is 79.9 Å². The molecule has 0 aliphatic carbocycles. The predicted molar refractivity (Wildman–Crippen MR) is 200 cm³/mol. The molecule has 0 radical (unpaired) electrons. The number of unbranched alkanes of at least 4 members (excludes halogenated alkanes) is 2. The van der Waals surface area contributed by atoms with E-state index in [1.807, 2.05) is 12.1 Å². The van der Waals surface area contributed by atoms with E-state index in [0.29, 0.717) is 0 Å². The van der Waals surface area contributed by atoms with E-state index in [9.17, 15) is 0 Å².